The summed E-state index contributed by atoms with van der Waals surface area (Å²) in [4.78, 5) is 2.50. The predicted molar refractivity (Wildman–Crippen MR) is 100 cm³/mol. The van der Waals surface area contributed by atoms with E-state index in [-0.39, 0.29) is 0 Å². The first-order chi connectivity index (χ1) is 12.4. The molecule has 4 nitrogen and oxygen atoms in total. The first-order valence-electron chi connectivity index (χ1n) is 9.32. The maximum Gasteiger partial charge on any atom is 0.161 e. The molecule has 1 fully saturated rings. The summed E-state index contributed by atoms with van der Waals surface area (Å²) in [6, 6.07) is 15.2. The minimum atomic E-state index is 0.632. The van der Waals surface area contributed by atoms with Gasteiger partial charge < -0.3 is 19.7 Å². The molecule has 4 heteroatoms. The van der Waals surface area contributed by atoms with E-state index in [1.54, 1.807) is 0 Å². The van der Waals surface area contributed by atoms with Crippen molar-refractivity contribution in [3.63, 3.8) is 0 Å². The number of nitrogens with one attached hydrogen (secondary N) is 1. The standard InChI is InChI=1S/C21H26N2O2/c1-2-10-23(11-3-1)19-7-4-17(5-8-19)15-22-16-18-6-9-20-21(14-18)25-13-12-24-20/h4-9,14,22H,1-3,10-13,15-16H2. The zero-order valence-electron chi connectivity index (χ0n) is 14.7. The summed E-state index contributed by atoms with van der Waals surface area (Å²) in [6.07, 6.45) is 4.01. The fourth-order valence-electron chi connectivity index (χ4n) is 3.53. The number of fused-ring (bicyclic) bond motifs is 1. The molecule has 1 saturated heterocycles. The third-order valence-electron chi connectivity index (χ3n) is 4.92. The Balaban J connectivity index is 1.29. The Morgan fingerprint density at radius 3 is 2.24 bits per heavy atom. The van der Waals surface area contributed by atoms with Gasteiger partial charge >= 0.3 is 0 Å². The SMILES string of the molecule is c1cc(N2CCCCC2)ccc1CNCc1ccc2c(c1)OCCO2. The maximum absolute atomic E-state index is 5.64. The maximum atomic E-state index is 5.64. The molecule has 132 valence electrons. The second-order valence-electron chi connectivity index (χ2n) is 6.80. The summed E-state index contributed by atoms with van der Waals surface area (Å²) >= 11 is 0. The predicted octanol–water partition coefficient (Wildman–Crippen LogP) is 3.74. The second-order valence-corrected chi connectivity index (χ2v) is 6.80. The van der Waals surface area contributed by atoms with Crippen LogP contribution in [0.1, 0.15) is 30.4 Å². The molecule has 2 heterocycles. The van der Waals surface area contributed by atoms with E-state index in [9.17, 15) is 0 Å². The van der Waals surface area contributed by atoms with Gasteiger partial charge in [0.05, 0.1) is 0 Å². The Kier molecular flexibility index (Phi) is 5.07. The second kappa shape index (κ2) is 7.79. The molecule has 4 rings (SSSR count). The monoisotopic (exact) mass is 338 g/mol. The molecular weight excluding hydrogens is 312 g/mol. The van der Waals surface area contributed by atoms with Gasteiger partial charge in [0.2, 0.25) is 0 Å². The minimum absolute atomic E-state index is 0.632. The summed E-state index contributed by atoms with van der Waals surface area (Å²) in [5.74, 6) is 1.71. The molecule has 2 aliphatic rings. The van der Waals surface area contributed by atoms with Crippen molar-refractivity contribution in [2.45, 2.75) is 32.4 Å². The molecule has 0 saturated carbocycles. The fourth-order valence-corrected chi connectivity index (χ4v) is 3.53. The van der Waals surface area contributed by atoms with E-state index < -0.39 is 0 Å². The Morgan fingerprint density at radius 1 is 0.760 bits per heavy atom. The van der Waals surface area contributed by atoms with E-state index in [0.29, 0.717) is 13.2 Å². The van der Waals surface area contributed by atoms with E-state index in [0.717, 1.165) is 24.6 Å². The van der Waals surface area contributed by atoms with E-state index in [1.807, 2.05) is 6.07 Å². The van der Waals surface area contributed by atoms with Gasteiger partial charge in [-0.05, 0) is 54.7 Å². The highest BCUT2D eigenvalue weighted by molar-refractivity contribution is 5.48. The van der Waals surface area contributed by atoms with Crippen molar-refractivity contribution in [3.05, 3.63) is 53.6 Å². The van der Waals surface area contributed by atoms with Gasteiger partial charge in [-0.2, -0.15) is 0 Å². The van der Waals surface area contributed by atoms with Crippen LogP contribution in [0.4, 0.5) is 5.69 Å². The molecule has 2 aromatic carbocycles. The van der Waals surface area contributed by atoms with Gasteiger partial charge in [-0.1, -0.05) is 18.2 Å². The van der Waals surface area contributed by atoms with Gasteiger partial charge in [-0.25, -0.2) is 0 Å². The average molecular weight is 338 g/mol. The number of ether oxygens (including phenoxy) is 2. The number of hydrogen-bond donors (Lipinski definition) is 1. The smallest absolute Gasteiger partial charge is 0.161 e. The average Bonchev–Trinajstić information content (AvgIpc) is 2.69. The number of hydrogen-bond acceptors (Lipinski definition) is 4. The van der Waals surface area contributed by atoms with Gasteiger partial charge in [-0.3, -0.25) is 0 Å². The normalized spacial score (nSPS) is 16.7. The summed E-state index contributed by atoms with van der Waals surface area (Å²) in [6.45, 7) is 5.36. The van der Waals surface area contributed by atoms with Crippen LogP contribution in [-0.4, -0.2) is 26.3 Å². The van der Waals surface area contributed by atoms with Crippen LogP contribution in [-0.2, 0) is 13.1 Å². The lowest BCUT2D eigenvalue weighted by Gasteiger charge is -2.28. The van der Waals surface area contributed by atoms with E-state index >= 15 is 0 Å². The van der Waals surface area contributed by atoms with Crippen LogP contribution >= 0.6 is 0 Å². The first kappa shape index (κ1) is 16.3. The molecule has 0 bridgehead atoms. The molecule has 2 aromatic rings. The van der Waals surface area contributed by atoms with Crippen molar-refractivity contribution < 1.29 is 9.47 Å². The van der Waals surface area contributed by atoms with Crippen molar-refractivity contribution in [2.75, 3.05) is 31.2 Å². The van der Waals surface area contributed by atoms with Crippen molar-refractivity contribution in [1.29, 1.82) is 0 Å². The van der Waals surface area contributed by atoms with Crippen LogP contribution in [0.5, 0.6) is 11.5 Å². The molecule has 1 N–H and O–H groups in total. The Labute approximate surface area is 149 Å². The number of piperidine rings is 1. The third-order valence-corrected chi connectivity index (χ3v) is 4.92. The molecule has 0 unspecified atom stereocenters. The van der Waals surface area contributed by atoms with Crippen LogP contribution in [0.15, 0.2) is 42.5 Å². The lowest BCUT2D eigenvalue weighted by atomic mass is 10.1. The van der Waals surface area contributed by atoms with E-state index in [4.69, 9.17) is 9.47 Å². The van der Waals surface area contributed by atoms with Crippen molar-refractivity contribution in [2.24, 2.45) is 0 Å². The van der Waals surface area contributed by atoms with Gasteiger partial charge in [-0.15, -0.1) is 0 Å². The zero-order valence-corrected chi connectivity index (χ0v) is 14.7. The summed E-state index contributed by atoms with van der Waals surface area (Å²) in [7, 11) is 0. The minimum Gasteiger partial charge on any atom is -0.486 e. The topological polar surface area (TPSA) is 33.7 Å². The number of benzene rings is 2. The van der Waals surface area contributed by atoms with Crippen molar-refractivity contribution in [1.82, 2.24) is 5.32 Å². The molecule has 2 aliphatic heterocycles. The number of rotatable bonds is 5. The van der Waals surface area contributed by atoms with Gasteiger partial charge in [0.1, 0.15) is 13.2 Å². The molecule has 0 radical (unpaired) electrons. The molecule has 0 aromatic heterocycles. The largest absolute Gasteiger partial charge is 0.486 e. The van der Waals surface area contributed by atoms with Crippen LogP contribution in [0.2, 0.25) is 0 Å². The zero-order chi connectivity index (χ0) is 16.9. The molecular formula is C21H26N2O2. The number of nitrogens with zero attached hydrogens (tertiary/aromatic N) is 1. The highest BCUT2D eigenvalue weighted by Crippen LogP contribution is 2.30. The fraction of sp³-hybridized carbons (Fsp3) is 0.429. The van der Waals surface area contributed by atoms with Crippen molar-refractivity contribution >= 4 is 5.69 Å². The Hall–Kier alpha value is -2.20. The van der Waals surface area contributed by atoms with Crippen molar-refractivity contribution in [3.8, 4) is 11.5 Å². The highest BCUT2D eigenvalue weighted by atomic mass is 16.6. The molecule has 0 aliphatic carbocycles. The van der Waals surface area contributed by atoms with E-state index in [1.165, 1.54) is 49.2 Å². The number of anilines is 1. The lowest BCUT2D eigenvalue weighted by molar-refractivity contribution is 0.171. The Morgan fingerprint density at radius 2 is 1.44 bits per heavy atom. The molecule has 0 amide bonds. The van der Waals surface area contributed by atoms with Gasteiger partial charge in [0.15, 0.2) is 11.5 Å². The molecule has 0 spiro atoms. The lowest BCUT2D eigenvalue weighted by Crippen LogP contribution is -2.29. The highest BCUT2D eigenvalue weighted by Gasteiger charge is 2.12. The third kappa shape index (κ3) is 4.07. The Bertz CT molecular complexity index is 694. The van der Waals surface area contributed by atoms with Crippen LogP contribution in [0.3, 0.4) is 0 Å². The molecule has 0 atom stereocenters. The van der Waals surface area contributed by atoms with Gasteiger partial charge in [0.25, 0.3) is 0 Å². The quantitative estimate of drug-likeness (QED) is 0.900. The van der Waals surface area contributed by atoms with Gasteiger partial charge in [0, 0.05) is 31.9 Å². The first-order valence-corrected chi connectivity index (χ1v) is 9.32. The summed E-state index contributed by atoms with van der Waals surface area (Å²) in [5.41, 5.74) is 3.89. The summed E-state index contributed by atoms with van der Waals surface area (Å²) < 4.78 is 11.2. The van der Waals surface area contributed by atoms with E-state index in [2.05, 4.69) is 46.6 Å². The van der Waals surface area contributed by atoms with Crippen LogP contribution in [0.25, 0.3) is 0 Å². The summed E-state index contributed by atoms with van der Waals surface area (Å²) in [5, 5.41) is 3.51. The van der Waals surface area contributed by atoms with Crippen LogP contribution < -0.4 is 19.7 Å². The molecule has 25 heavy (non-hydrogen) atoms. The van der Waals surface area contributed by atoms with Crippen LogP contribution in [0, 0.1) is 0 Å².